The predicted octanol–water partition coefficient (Wildman–Crippen LogP) is 3.83. The van der Waals surface area contributed by atoms with E-state index in [1.807, 2.05) is 18.0 Å². The van der Waals surface area contributed by atoms with Gasteiger partial charge in [-0.1, -0.05) is 6.08 Å². The molecule has 1 aliphatic rings. The molecule has 4 heterocycles. The van der Waals surface area contributed by atoms with E-state index in [4.69, 9.17) is 0 Å². The summed E-state index contributed by atoms with van der Waals surface area (Å²) >= 11 is 2.26. The molecule has 0 aromatic carbocycles. The van der Waals surface area contributed by atoms with Crippen molar-refractivity contribution in [2.75, 3.05) is 18.0 Å². The van der Waals surface area contributed by atoms with E-state index in [1.165, 1.54) is 22.5 Å². The Kier molecular flexibility index (Phi) is 5.26. The standard InChI is InChI=1S/C18H16F3N5OS2/c1-11-8-22-15(28-11)12-4-6-25(7-5-12)16-23-10-26(17(27)24-16)9-13-2-3-14(29-13)18(19,20)21/h2-4,8,10H,5-7,9H2,1H3. The number of alkyl halides is 3. The van der Waals surface area contributed by atoms with Gasteiger partial charge >= 0.3 is 11.9 Å². The molecule has 0 saturated carbocycles. The molecule has 0 unspecified atom stereocenters. The van der Waals surface area contributed by atoms with Gasteiger partial charge in [-0.3, -0.25) is 4.57 Å². The van der Waals surface area contributed by atoms with E-state index in [-0.39, 0.29) is 6.54 Å². The van der Waals surface area contributed by atoms with Crippen LogP contribution in [0.3, 0.4) is 0 Å². The summed E-state index contributed by atoms with van der Waals surface area (Å²) in [5.74, 6) is 0.319. The molecule has 11 heteroatoms. The van der Waals surface area contributed by atoms with Crippen LogP contribution in [0.2, 0.25) is 0 Å². The van der Waals surface area contributed by atoms with Gasteiger partial charge in [0.25, 0.3) is 0 Å². The number of rotatable bonds is 4. The Balaban J connectivity index is 1.46. The van der Waals surface area contributed by atoms with Gasteiger partial charge in [0.05, 0.1) is 6.54 Å². The SMILES string of the molecule is Cc1cnc(C2=CCN(c3ncn(Cc4ccc(C(F)(F)F)s4)c(=O)n3)CC2)s1. The Hall–Kier alpha value is -2.53. The lowest BCUT2D eigenvalue weighted by atomic mass is 10.1. The number of halogens is 3. The number of thiophene rings is 1. The number of hydrogen-bond acceptors (Lipinski definition) is 7. The minimum absolute atomic E-state index is 0.00725. The summed E-state index contributed by atoms with van der Waals surface area (Å²) in [6, 6.07) is 2.38. The van der Waals surface area contributed by atoms with E-state index in [1.54, 1.807) is 11.3 Å². The van der Waals surface area contributed by atoms with Crippen molar-refractivity contribution in [1.29, 1.82) is 0 Å². The Labute approximate surface area is 172 Å². The molecular formula is C18H16F3N5OS2. The topological polar surface area (TPSA) is 63.9 Å². The average molecular weight is 439 g/mol. The molecule has 4 rings (SSSR count). The van der Waals surface area contributed by atoms with Crippen molar-refractivity contribution >= 4 is 34.2 Å². The van der Waals surface area contributed by atoms with Crippen LogP contribution in [-0.4, -0.2) is 32.6 Å². The lowest BCUT2D eigenvalue weighted by molar-refractivity contribution is -0.134. The maximum absolute atomic E-state index is 12.7. The van der Waals surface area contributed by atoms with Gasteiger partial charge in [0, 0.05) is 29.0 Å². The summed E-state index contributed by atoms with van der Waals surface area (Å²) in [6.07, 6.45) is 1.63. The molecule has 3 aromatic heterocycles. The molecule has 0 bridgehead atoms. The van der Waals surface area contributed by atoms with E-state index < -0.39 is 16.7 Å². The summed E-state index contributed by atoms with van der Waals surface area (Å²) in [4.78, 5) is 27.7. The van der Waals surface area contributed by atoms with Crippen LogP contribution >= 0.6 is 22.7 Å². The van der Waals surface area contributed by atoms with Crippen LogP contribution in [0.4, 0.5) is 19.1 Å². The first-order valence-corrected chi connectivity index (χ1v) is 10.4. The van der Waals surface area contributed by atoms with Gasteiger partial charge in [0.1, 0.15) is 16.2 Å². The van der Waals surface area contributed by atoms with Crippen molar-refractivity contribution < 1.29 is 13.2 Å². The fourth-order valence-electron chi connectivity index (χ4n) is 2.94. The van der Waals surface area contributed by atoms with Gasteiger partial charge in [-0.2, -0.15) is 18.2 Å². The summed E-state index contributed by atoms with van der Waals surface area (Å²) < 4.78 is 39.4. The smallest absolute Gasteiger partial charge is 0.337 e. The number of hydrogen-bond donors (Lipinski definition) is 0. The number of anilines is 1. The second kappa shape index (κ2) is 7.71. The Morgan fingerprint density at radius 2 is 2.03 bits per heavy atom. The van der Waals surface area contributed by atoms with Crippen LogP contribution in [0.1, 0.15) is 26.1 Å². The maximum atomic E-state index is 12.7. The Bertz CT molecular complexity index is 1120. The van der Waals surface area contributed by atoms with Crippen molar-refractivity contribution in [1.82, 2.24) is 19.5 Å². The monoisotopic (exact) mass is 439 g/mol. The molecule has 0 spiro atoms. The molecule has 29 heavy (non-hydrogen) atoms. The molecule has 3 aromatic rings. The first kappa shape index (κ1) is 19.8. The van der Waals surface area contributed by atoms with E-state index in [2.05, 4.69) is 21.0 Å². The van der Waals surface area contributed by atoms with Gasteiger partial charge in [-0.15, -0.1) is 22.7 Å². The molecule has 0 aliphatic carbocycles. The van der Waals surface area contributed by atoms with Crippen LogP contribution in [0.25, 0.3) is 5.57 Å². The second-order valence-electron chi connectivity index (χ2n) is 6.53. The molecular weight excluding hydrogens is 423 g/mol. The van der Waals surface area contributed by atoms with Crippen molar-refractivity contribution in [3.8, 4) is 0 Å². The normalized spacial score (nSPS) is 14.9. The molecule has 0 radical (unpaired) electrons. The molecule has 0 saturated heterocycles. The first-order chi connectivity index (χ1) is 13.8. The molecule has 0 amide bonds. The fourth-order valence-corrected chi connectivity index (χ4v) is 4.65. The highest BCUT2D eigenvalue weighted by Gasteiger charge is 2.32. The largest absolute Gasteiger partial charge is 0.425 e. The number of thiazole rings is 1. The third kappa shape index (κ3) is 4.40. The molecule has 0 atom stereocenters. The highest BCUT2D eigenvalue weighted by Crippen LogP contribution is 2.34. The minimum Gasteiger partial charge on any atom is -0.337 e. The Morgan fingerprint density at radius 1 is 1.21 bits per heavy atom. The fraction of sp³-hybridized carbons (Fsp3) is 0.333. The van der Waals surface area contributed by atoms with Gasteiger partial charge in [0.2, 0.25) is 5.95 Å². The summed E-state index contributed by atoms with van der Waals surface area (Å²) in [5, 5.41) is 1.01. The zero-order valence-corrected chi connectivity index (χ0v) is 16.9. The van der Waals surface area contributed by atoms with Crippen LogP contribution in [0, 0.1) is 6.92 Å². The Morgan fingerprint density at radius 3 is 2.62 bits per heavy atom. The van der Waals surface area contributed by atoms with E-state index in [0.29, 0.717) is 35.3 Å². The molecule has 6 nitrogen and oxygen atoms in total. The first-order valence-electron chi connectivity index (χ1n) is 8.76. The van der Waals surface area contributed by atoms with Crippen LogP contribution < -0.4 is 10.6 Å². The van der Waals surface area contributed by atoms with E-state index in [0.717, 1.165) is 22.4 Å². The van der Waals surface area contributed by atoms with Crippen molar-refractivity contribution in [2.24, 2.45) is 0 Å². The van der Waals surface area contributed by atoms with Gasteiger partial charge in [-0.25, -0.2) is 14.8 Å². The van der Waals surface area contributed by atoms with Gasteiger partial charge in [0.15, 0.2) is 0 Å². The summed E-state index contributed by atoms with van der Waals surface area (Å²) in [6.45, 7) is 3.25. The molecule has 1 aliphatic heterocycles. The summed E-state index contributed by atoms with van der Waals surface area (Å²) in [5.41, 5.74) is 0.633. The van der Waals surface area contributed by atoms with Crippen LogP contribution in [0.5, 0.6) is 0 Å². The van der Waals surface area contributed by atoms with Crippen molar-refractivity contribution in [2.45, 2.75) is 26.1 Å². The second-order valence-corrected chi connectivity index (χ2v) is 8.94. The average Bonchev–Trinajstić information content (AvgIpc) is 3.32. The number of aromatic nitrogens is 4. The number of aryl methyl sites for hydroxylation is 1. The zero-order chi connectivity index (χ0) is 20.6. The third-order valence-corrected chi connectivity index (χ3v) is 6.51. The highest BCUT2D eigenvalue weighted by atomic mass is 32.1. The van der Waals surface area contributed by atoms with E-state index in [9.17, 15) is 18.0 Å². The lowest BCUT2D eigenvalue weighted by Crippen LogP contribution is -2.33. The van der Waals surface area contributed by atoms with Crippen LogP contribution in [0.15, 0.2) is 35.5 Å². The molecule has 152 valence electrons. The van der Waals surface area contributed by atoms with Crippen molar-refractivity contribution in [3.05, 3.63) is 60.9 Å². The molecule has 0 N–H and O–H groups in total. The van der Waals surface area contributed by atoms with Crippen molar-refractivity contribution in [3.63, 3.8) is 0 Å². The zero-order valence-electron chi connectivity index (χ0n) is 15.3. The van der Waals surface area contributed by atoms with Gasteiger partial charge in [-0.05, 0) is 31.1 Å². The third-order valence-electron chi connectivity index (χ3n) is 4.41. The minimum atomic E-state index is -4.38. The predicted molar refractivity (Wildman–Crippen MR) is 106 cm³/mol. The number of nitrogens with zero attached hydrogens (tertiary/aromatic N) is 5. The molecule has 0 fully saturated rings. The maximum Gasteiger partial charge on any atom is 0.425 e. The van der Waals surface area contributed by atoms with Gasteiger partial charge < -0.3 is 4.90 Å². The highest BCUT2D eigenvalue weighted by molar-refractivity contribution is 7.12. The quantitative estimate of drug-likeness (QED) is 0.618. The van der Waals surface area contributed by atoms with Crippen LogP contribution in [-0.2, 0) is 12.7 Å². The van der Waals surface area contributed by atoms with E-state index >= 15 is 0 Å². The lowest BCUT2D eigenvalue weighted by Gasteiger charge is -2.25. The summed E-state index contributed by atoms with van der Waals surface area (Å²) in [7, 11) is 0.